The minimum atomic E-state index is -0.0473. The van der Waals surface area contributed by atoms with Gasteiger partial charge in [-0.2, -0.15) is 0 Å². The van der Waals surface area contributed by atoms with Crippen molar-refractivity contribution in [3.8, 4) is 0 Å². The zero-order valence-electron chi connectivity index (χ0n) is 11.0. The minimum Gasteiger partial charge on any atom is -0.376 e. The maximum atomic E-state index is 11.7. The Morgan fingerprint density at radius 3 is 2.75 bits per heavy atom. The molecule has 2 aromatic rings. The second-order valence-electron chi connectivity index (χ2n) is 4.31. The largest absolute Gasteiger partial charge is 0.376 e. The van der Waals surface area contributed by atoms with Crippen molar-refractivity contribution < 1.29 is 4.79 Å². The molecular formula is C15H16ClN3O. The van der Waals surface area contributed by atoms with Gasteiger partial charge in [0.2, 0.25) is 5.91 Å². The summed E-state index contributed by atoms with van der Waals surface area (Å²) in [6, 6.07) is 13.5. The van der Waals surface area contributed by atoms with E-state index in [1.807, 2.05) is 30.3 Å². The normalized spacial score (nSPS) is 10.1. The highest BCUT2D eigenvalue weighted by Gasteiger charge is 2.01. The van der Waals surface area contributed by atoms with E-state index in [0.717, 1.165) is 12.1 Å². The minimum absolute atomic E-state index is 0.0473. The van der Waals surface area contributed by atoms with Crippen LogP contribution in [0.3, 0.4) is 0 Å². The molecule has 0 fully saturated rings. The molecule has 0 aliphatic carbocycles. The van der Waals surface area contributed by atoms with Crippen LogP contribution in [0.2, 0.25) is 5.15 Å². The molecule has 2 N–H and O–H groups in total. The predicted molar refractivity (Wildman–Crippen MR) is 80.9 cm³/mol. The Kier molecular flexibility index (Phi) is 5.38. The van der Waals surface area contributed by atoms with E-state index in [4.69, 9.17) is 11.6 Å². The number of nitrogens with one attached hydrogen (secondary N) is 2. The van der Waals surface area contributed by atoms with E-state index in [-0.39, 0.29) is 12.5 Å². The second kappa shape index (κ2) is 7.50. The van der Waals surface area contributed by atoms with E-state index >= 15 is 0 Å². The average Bonchev–Trinajstić information content (AvgIpc) is 2.46. The summed E-state index contributed by atoms with van der Waals surface area (Å²) in [5, 5.41) is 6.27. The first-order chi connectivity index (χ1) is 9.74. The van der Waals surface area contributed by atoms with Gasteiger partial charge in [-0.25, -0.2) is 4.98 Å². The van der Waals surface area contributed by atoms with Gasteiger partial charge in [0.25, 0.3) is 0 Å². The molecule has 1 amide bonds. The van der Waals surface area contributed by atoms with Crippen LogP contribution in [0.5, 0.6) is 0 Å². The molecule has 2 rings (SSSR count). The fourth-order valence-electron chi connectivity index (χ4n) is 1.75. The lowest BCUT2D eigenvalue weighted by Gasteiger charge is -2.08. The first kappa shape index (κ1) is 14.3. The van der Waals surface area contributed by atoms with E-state index in [9.17, 15) is 4.79 Å². The lowest BCUT2D eigenvalue weighted by molar-refractivity contribution is -0.119. The lowest BCUT2D eigenvalue weighted by atomic mass is 10.1. The number of hydrogen-bond acceptors (Lipinski definition) is 3. The fourth-order valence-corrected chi connectivity index (χ4v) is 1.92. The van der Waals surface area contributed by atoms with Crippen LogP contribution in [0.15, 0.2) is 48.7 Å². The Bertz CT molecular complexity index is 560. The molecular weight excluding hydrogens is 274 g/mol. The van der Waals surface area contributed by atoms with Gasteiger partial charge >= 0.3 is 0 Å². The number of carbonyl (C=O) groups is 1. The van der Waals surface area contributed by atoms with E-state index < -0.39 is 0 Å². The molecule has 0 saturated carbocycles. The third-order valence-corrected chi connectivity index (χ3v) is 2.97. The molecule has 0 atom stereocenters. The van der Waals surface area contributed by atoms with Crippen LogP contribution in [0, 0.1) is 0 Å². The van der Waals surface area contributed by atoms with Crippen molar-refractivity contribution in [3.63, 3.8) is 0 Å². The summed E-state index contributed by atoms with van der Waals surface area (Å²) in [6.45, 7) is 0.844. The van der Waals surface area contributed by atoms with Crippen molar-refractivity contribution in [1.82, 2.24) is 10.3 Å². The summed E-state index contributed by atoms with van der Waals surface area (Å²) in [4.78, 5) is 15.5. The summed E-state index contributed by atoms with van der Waals surface area (Å²) in [5.41, 5.74) is 1.99. The fraction of sp³-hybridized carbons (Fsp3) is 0.200. The number of nitrogens with zero attached hydrogens (tertiary/aromatic N) is 1. The number of benzene rings is 1. The van der Waals surface area contributed by atoms with Crippen molar-refractivity contribution in [3.05, 3.63) is 59.4 Å². The second-order valence-corrected chi connectivity index (χ2v) is 4.69. The van der Waals surface area contributed by atoms with Gasteiger partial charge in [-0.15, -0.1) is 0 Å². The Morgan fingerprint density at radius 1 is 1.20 bits per heavy atom. The van der Waals surface area contributed by atoms with E-state index in [1.165, 1.54) is 5.56 Å². The van der Waals surface area contributed by atoms with Crippen LogP contribution in [-0.2, 0) is 11.2 Å². The average molecular weight is 290 g/mol. The summed E-state index contributed by atoms with van der Waals surface area (Å²) in [7, 11) is 0. The molecule has 0 bridgehead atoms. The van der Waals surface area contributed by atoms with Gasteiger partial charge in [0.15, 0.2) is 0 Å². The maximum Gasteiger partial charge on any atom is 0.239 e. The molecule has 1 heterocycles. The highest BCUT2D eigenvalue weighted by atomic mass is 35.5. The number of amides is 1. The molecule has 20 heavy (non-hydrogen) atoms. The molecule has 0 saturated heterocycles. The Morgan fingerprint density at radius 2 is 2.00 bits per heavy atom. The molecule has 1 aromatic carbocycles. The molecule has 4 nitrogen and oxygen atoms in total. The third kappa shape index (κ3) is 4.90. The summed E-state index contributed by atoms with van der Waals surface area (Å²) in [5.74, 6) is -0.0473. The molecule has 0 radical (unpaired) electrons. The van der Waals surface area contributed by atoms with Crippen LogP contribution in [0.4, 0.5) is 5.69 Å². The highest BCUT2D eigenvalue weighted by molar-refractivity contribution is 6.29. The molecule has 0 aliphatic rings. The zero-order chi connectivity index (χ0) is 14.2. The number of rotatable bonds is 6. The molecule has 0 aliphatic heterocycles. The Balaban J connectivity index is 1.68. The van der Waals surface area contributed by atoms with Crippen LogP contribution in [0.1, 0.15) is 5.56 Å². The van der Waals surface area contributed by atoms with Crippen molar-refractivity contribution in [2.45, 2.75) is 6.42 Å². The van der Waals surface area contributed by atoms with Gasteiger partial charge in [-0.05, 0) is 24.1 Å². The van der Waals surface area contributed by atoms with Gasteiger partial charge < -0.3 is 10.6 Å². The Labute approximate surface area is 123 Å². The van der Waals surface area contributed by atoms with E-state index in [1.54, 1.807) is 18.3 Å². The van der Waals surface area contributed by atoms with Gasteiger partial charge in [0, 0.05) is 18.4 Å². The number of halogens is 1. The highest BCUT2D eigenvalue weighted by Crippen LogP contribution is 2.11. The van der Waals surface area contributed by atoms with E-state index in [0.29, 0.717) is 11.7 Å². The van der Waals surface area contributed by atoms with E-state index in [2.05, 4.69) is 15.6 Å². The number of carbonyl (C=O) groups excluding carboxylic acids is 1. The van der Waals surface area contributed by atoms with Crippen molar-refractivity contribution in [2.24, 2.45) is 0 Å². The van der Waals surface area contributed by atoms with Crippen molar-refractivity contribution in [2.75, 3.05) is 18.4 Å². The monoisotopic (exact) mass is 289 g/mol. The summed E-state index contributed by atoms with van der Waals surface area (Å²) < 4.78 is 0. The maximum absolute atomic E-state index is 11.7. The number of anilines is 1. The molecule has 0 unspecified atom stereocenters. The van der Waals surface area contributed by atoms with Gasteiger partial charge in [0.1, 0.15) is 5.15 Å². The summed E-state index contributed by atoms with van der Waals surface area (Å²) in [6.07, 6.45) is 2.42. The van der Waals surface area contributed by atoms with Crippen LogP contribution in [-0.4, -0.2) is 24.0 Å². The van der Waals surface area contributed by atoms with Crippen molar-refractivity contribution in [1.29, 1.82) is 0 Å². The summed E-state index contributed by atoms with van der Waals surface area (Å²) >= 11 is 5.76. The standard InChI is InChI=1S/C15H16ClN3O/c16-14-10-13(7-9-17-14)19-11-15(20)18-8-6-12-4-2-1-3-5-12/h1-5,7,9-10H,6,8,11H2,(H,17,19)(H,18,20). The third-order valence-electron chi connectivity index (χ3n) is 2.76. The van der Waals surface area contributed by atoms with Crippen LogP contribution >= 0.6 is 11.6 Å². The topological polar surface area (TPSA) is 54.0 Å². The molecule has 5 heteroatoms. The number of aromatic nitrogens is 1. The molecule has 104 valence electrons. The molecule has 1 aromatic heterocycles. The first-order valence-electron chi connectivity index (χ1n) is 6.40. The number of hydrogen-bond donors (Lipinski definition) is 2. The quantitative estimate of drug-likeness (QED) is 0.804. The number of pyridine rings is 1. The van der Waals surface area contributed by atoms with Gasteiger partial charge in [-0.3, -0.25) is 4.79 Å². The van der Waals surface area contributed by atoms with Crippen molar-refractivity contribution >= 4 is 23.2 Å². The van der Waals surface area contributed by atoms with Gasteiger partial charge in [-0.1, -0.05) is 41.9 Å². The molecule has 0 spiro atoms. The first-order valence-corrected chi connectivity index (χ1v) is 6.78. The zero-order valence-corrected chi connectivity index (χ0v) is 11.7. The SMILES string of the molecule is O=C(CNc1ccnc(Cl)c1)NCCc1ccccc1. The predicted octanol–water partition coefficient (Wildman–Crippen LogP) is 2.51. The van der Waals surface area contributed by atoms with Gasteiger partial charge in [0.05, 0.1) is 6.54 Å². The van der Waals surface area contributed by atoms with Crippen LogP contribution in [0.25, 0.3) is 0 Å². The van der Waals surface area contributed by atoms with Crippen LogP contribution < -0.4 is 10.6 Å². The lowest BCUT2D eigenvalue weighted by Crippen LogP contribution is -2.31. The smallest absolute Gasteiger partial charge is 0.239 e. The Hall–Kier alpha value is -2.07.